The largest absolute Gasteiger partial charge is 0.327 e. The maximum Gasteiger partial charge on any atom is 0.0756 e. The zero-order valence-electron chi connectivity index (χ0n) is 23.3. The lowest BCUT2D eigenvalue weighted by molar-refractivity contribution is 0.249. The van der Waals surface area contributed by atoms with Gasteiger partial charge in [0, 0.05) is 21.5 Å². The summed E-state index contributed by atoms with van der Waals surface area (Å²) >= 11 is 0. The fraction of sp³-hybridized carbons (Fsp3) is 0.294. The van der Waals surface area contributed by atoms with Crippen LogP contribution in [0.25, 0.3) is 43.6 Å². The van der Waals surface area contributed by atoms with E-state index in [9.17, 15) is 0 Å². The minimum Gasteiger partial charge on any atom is -0.327 e. The van der Waals surface area contributed by atoms with Gasteiger partial charge in [0.1, 0.15) is 0 Å². The number of fused-ring (bicyclic) bond motifs is 6. The van der Waals surface area contributed by atoms with E-state index in [-0.39, 0.29) is 0 Å². The van der Waals surface area contributed by atoms with E-state index in [1.807, 2.05) is 0 Å². The molecule has 0 aliphatic rings. The Morgan fingerprint density at radius 1 is 0.395 bits per heavy atom. The Labute approximate surface area is 226 Å². The highest BCUT2D eigenvalue weighted by Crippen LogP contribution is 2.30. The summed E-state index contributed by atoms with van der Waals surface area (Å²) in [6.07, 6.45) is 0. The number of aromatic nitrogens is 2. The lowest BCUT2D eigenvalue weighted by Gasteiger charge is -2.20. The zero-order valence-corrected chi connectivity index (χ0v) is 23.3. The van der Waals surface area contributed by atoms with Gasteiger partial charge in [0.2, 0.25) is 0 Å². The topological polar surface area (TPSA) is 16.3 Å². The van der Waals surface area contributed by atoms with Crippen LogP contribution in [0.2, 0.25) is 0 Å². The molecule has 2 heterocycles. The first-order valence-corrected chi connectivity index (χ1v) is 14.1. The summed E-state index contributed by atoms with van der Waals surface area (Å²) < 4.78 is 4.86. The van der Waals surface area contributed by atoms with E-state index in [4.69, 9.17) is 0 Å². The van der Waals surface area contributed by atoms with Crippen LogP contribution in [-0.4, -0.2) is 45.1 Å². The van der Waals surface area contributed by atoms with Crippen LogP contribution in [0.5, 0.6) is 0 Å². The Bertz CT molecular complexity index is 1400. The molecule has 4 aromatic carbocycles. The SMILES string of the molecule is CCN(CC)Cn1c2ccccc2c2ccccc21.CCN(CC)Cn1c2ccccc2c2ccccc21. The summed E-state index contributed by atoms with van der Waals surface area (Å²) in [6, 6.07) is 34.7. The van der Waals surface area contributed by atoms with E-state index in [1.165, 1.54) is 43.6 Å². The summed E-state index contributed by atoms with van der Waals surface area (Å²) in [7, 11) is 0. The molecule has 0 radical (unpaired) electrons. The zero-order chi connectivity index (χ0) is 26.5. The lowest BCUT2D eigenvalue weighted by atomic mass is 10.2. The van der Waals surface area contributed by atoms with Crippen molar-refractivity contribution >= 4 is 43.6 Å². The fourth-order valence-electron chi connectivity index (χ4n) is 5.56. The molecule has 4 heteroatoms. The third kappa shape index (κ3) is 4.94. The average Bonchev–Trinajstić information content (AvgIpc) is 3.47. The first kappa shape index (κ1) is 26.0. The highest BCUT2D eigenvalue weighted by atomic mass is 15.2. The van der Waals surface area contributed by atoms with Crippen molar-refractivity contribution in [3.8, 4) is 0 Å². The second kappa shape index (κ2) is 11.8. The molecular weight excluding hydrogens is 464 g/mol. The summed E-state index contributed by atoms with van der Waals surface area (Å²) in [4.78, 5) is 4.89. The van der Waals surface area contributed by atoms with Crippen LogP contribution in [0.1, 0.15) is 27.7 Å². The fourth-order valence-corrected chi connectivity index (χ4v) is 5.56. The van der Waals surface area contributed by atoms with Crippen LogP contribution in [0.15, 0.2) is 97.1 Å². The van der Waals surface area contributed by atoms with E-state index in [2.05, 4.69) is 144 Å². The molecule has 0 saturated carbocycles. The van der Waals surface area contributed by atoms with E-state index >= 15 is 0 Å². The van der Waals surface area contributed by atoms with Gasteiger partial charge in [-0.25, -0.2) is 0 Å². The molecule has 0 amide bonds. The van der Waals surface area contributed by atoms with Crippen LogP contribution in [-0.2, 0) is 13.3 Å². The molecule has 0 aliphatic carbocycles. The van der Waals surface area contributed by atoms with Crippen LogP contribution < -0.4 is 0 Å². The summed E-state index contributed by atoms with van der Waals surface area (Å²) in [5, 5.41) is 5.41. The molecule has 6 aromatic rings. The van der Waals surface area contributed by atoms with Gasteiger partial charge in [-0.3, -0.25) is 9.80 Å². The first-order chi connectivity index (χ1) is 18.7. The van der Waals surface area contributed by atoms with E-state index < -0.39 is 0 Å². The molecule has 0 N–H and O–H groups in total. The van der Waals surface area contributed by atoms with Crippen molar-refractivity contribution in [2.75, 3.05) is 26.2 Å². The Kier molecular flexibility index (Phi) is 8.11. The predicted octanol–water partition coefficient (Wildman–Crippen LogP) is 8.19. The highest BCUT2D eigenvalue weighted by Gasteiger charge is 2.12. The van der Waals surface area contributed by atoms with Crippen molar-refractivity contribution in [1.29, 1.82) is 0 Å². The van der Waals surface area contributed by atoms with Gasteiger partial charge in [-0.2, -0.15) is 0 Å². The molecule has 6 rings (SSSR count). The number of nitrogens with zero attached hydrogens (tertiary/aromatic N) is 4. The number of hydrogen-bond donors (Lipinski definition) is 0. The lowest BCUT2D eigenvalue weighted by Crippen LogP contribution is -2.25. The molecule has 4 nitrogen and oxygen atoms in total. The highest BCUT2D eigenvalue weighted by molar-refractivity contribution is 6.08. The van der Waals surface area contributed by atoms with Gasteiger partial charge < -0.3 is 9.13 Å². The molecule has 0 spiro atoms. The van der Waals surface area contributed by atoms with Gasteiger partial charge in [-0.15, -0.1) is 0 Å². The molecule has 0 atom stereocenters. The van der Waals surface area contributed by atoms with Crippen LogP contribution in [0, 0.1) is 0 Å². The van der Waals surface area contributed by atoms with E-state index in [0.29, 0.717) is 0 Å². The van der Waals surface area contributed by atoms with Crippen molar-refractivity contribution in [3.63, 3.8) is 0 Å². The van der Waals surface area contributed by atoms with Gasteiger partial charge in [0.25, 0.3) is 0 Å². The smallest absolute Gasteiger partial charge is 0.0756 e. The van der Waals surface area contributed by atoms with Gasteiger partial charge in [-0.1, -0.05) is 100 Å². The van der Waals surface area contributed by atoms with Crippen LogP contribution in [0.4, 0.5) is 0 Å². The molecule has 196 valence electrons. The van der Waals surface area contributed by atoms with Crippen molar-refractivity contribution in [1.82, 2.24) is 18.9 Å². The van der Waals surface area contributed by atoms with E-state index in [0.717, 1.165) is 39.5 Å². The maximum absolute atomic E-state index is 2.44. The number of para-hydroxylation sites is 4. The standard InChI is InChI=1S/2C17H20N2/c2*1-3-18(4-2)13-19-16-11-7-5-9-14(16)15-10-6-8-12-17(15)19/h2*5-12H,3-4,13H2,1-2H3. The minimum absolute atomic E-state index is 0.959. The molecule has 0 fully saturated rings. The summed E-state index contributed by atoms with van der Waals surface area (Å²) in [6.45, 7) is 15.1. The first-order valence-electron chi connectivity index (χ1n) is 14.1. The molecule has 2 aromatic heterocycles. The average molecular weight is 505 g/mol. The monoisotopic (exact) mass is 504 g/mol. The number of rotatable bonds is 8. The third-order valence-corrected chi connectivity index (χ3v) is 7.83. The molecule has 0 saturated heterocycles. The molecule has 0 unspecified atom stereocenters. The number of benzene rings is 4. The third-order valence-electron chi connectivity index (χ3n) is 7.83. The Morgan fingerprint density at radius 3 is 0.868 bits per heavy atom. The minimum atomic E-state index is 0.959. The Balaban J connectivity index is 0.000000155. The second-order valence-corrected chi connectivity index (χ2v) is 9.81. The maximum atomic E-state index is 2.44. The van der Waals surface area contributed by atoms with Crippen molar-refractivity contribution in [2.24, 2.45) is 0 Å². The van der Waals surface area contributed by atoms with Crippen LogP contribution >= 0.6 is 0 Å². The van der Waals surface area contributed by atoms with Gasteiger partial charge in [0.15, 0.2) is 0 Å². The normalized spacial score (nSPS) is 11.7. The summed E-state index contributed by atoms with van der Waals surface area (Å²) in [5.41, 5.74) is 5.32. The predicted molar refractivity (Wildman–Crippen MR) is 165 cm³/mol. The van der Waals surface area contributed by atoms with Crippen LogP contribution in [0.3, 0.4) is 0 Å². The molecule has 0 bridgehead atoms. The van der Waals surface area contributed by atoms with Crippen molar-refractivity contribution in [3.05, 3.63) is 97.1 Å². The van der Waals surface area contributed by atoms with Gasteiger partial charge in [-0.05, 0) is 50.4 Å². The van der Waals surface area contributed by atoms with E-state index in [1.54, 1.807) is 0 Å². The van der Waals surface area contributed by atoms with Gasteiger partial charge in [0.05, 0.1) is 35.4 Å². The quantitative estimate of drug-likeness (QED) is 0.208. The molecule has 38 heavy (non-hydrogen) atoms. The van der Waals surface area contributed by atoms with Crippen molar-refractivity contribution in [2.45, 2.75) is 41.0 Å². The Hall–Kier alpha value is -3.60. The number of hydrogen-bond acceptors (Lipinski definition) is 2. The molecular formula is C34H40N4. The molecule has 0 aliphatic heterocycles. The summed E-state index contributed by atoms with van der Waals surface area (Å²) in [5.74, 6) is 0. The Morgan fingerprint density at radius 2 is 0.632 bits per heavy atom. The second-order valence-electron chi connectivity index (χ2n) is 9.81. The van der Waals surface area contributed by atoms with Crippen molar-refractivity contribution < 1.29 is 0 Å². The van der Waals surface area contributed by atoms with Gasteiger partial charge >= 0.3 is 0 Å².